The van der Waals surface area contributed by atoms with E-state index in [1.54, 1.807) is 18.3 Å². The van der Waals surface area contributed by atoms with Gasteiger partial charge in [-0.3, -0.25) is 5.10 Å². The SMILES string of the molecule is Nc1cc2cn[nH]c2cc1Cl. The lowest BCUT2D eigenvalue weighted by molar-refractivity contribution is 1.12. The quantitative estimate of drug-likeness (QED) is 0.588. The molecule has 0 bridgehead atoms. The number of aromatic amines is 1. The van der Waals surface area contributed by atoms with Crippen LogP contribution >= 0.6 is 11.6 Å². The normalized spacial score (nSPS) is 10.6. The summed E-state index contributed by atoms with van der Waals surface area (Å²) in [4.78, 5) is 0. The van der Waals surface area contributed by atoms with Gasteiger partial charge in [0.2, 0.25) is 0 Å². The zero-order valence-corrected chi connectivity index (χ0v) is 6.39. The Kier molecular flexibility index (Phi) is 1.26. The number of nitrogen functional groups attached to an aromatic ring is 1. The molecule has 0 amide bonds. The minimum atomic E-state index is 0.557. The smallest absolute Gasteiger partial charge is 0.0666 e. The van der Waals surface area contributed by atoms with E-state index in [-0.39, 0.29) is 0 Å². The molecule has 11 heavy (non-hydrogen) atoms. The standard InChI is InChI=1S/C7H6ClN3/c8-5-2-7-4(1-6(5)9)3-10-11-7/h1-3H,9H2,(H,10,11). The van der Waals surface area contributed by atoms with Crippen molar-refractivity contribution < 1.29 is 0 Å². The molecule has 0 fully saturated rings. The molecule has 1 aromatic heterocycles. The summed E-state index contributed by atoms with van der Waals surface area (Å²) in [7, 11) is 0. The van der Waals surface area contributed by atoms with E-state index < -0.39 is 0 Å². The lowest BCUT2D eigenvalue weighted by Crippen LogP contribution is -1.84. The maximum absolute atomic E-state index is 5.77. The molecule has 4 heteroatoms. The fourth-order valence-electron chi connectivity index (χ4n) is 0.983. The predicted octanol–water partition coefficient (Wildman–Crippen LogP) is 1.80. The Morgan fingerprint density at radius 3 is 3.09 bits per heavy atom. The molecular formula is C7H6ClN3. The first kappa shape index (κ1) is 6.49. The fourth-order valence-corrected chi connectivity index (χ4v) is 1.15. The number of fused-ring (bicyclic) bond motifs is 1. The maximum atomic E-state index is 5.77. The molecule has 0 aliphatic carbocycles. The molecule has 1 heterocycles. The summed E-state index contributed by atoms with van der Waals surface area (Å²) in [5.41, 5.74) is 7.06. The second-order valence-corrected chi connectivity index (χ2v) is 2.74. The largest absolute Gasteiger partial charge is 0.398 e. The Balaban J connectivity index is 2.86. The third kappa shape index (κ3) is 0.935. The zero-order valence-electron chi connectivity index (χ0n) is 5.63. The molecule has 2 aromatic rings. The van der Waals surface area contributed by atoms with Crippen molar-refractivity contribution in [1.29, 1.82) is 0 Å². The Morgan fingerprint density at radius 2 is 2.27 bits per heavy atom. The average Bonchev–Trinajstić information content (AvgIpc) is 2.36. The van der Waals surface area contributed by atoms with Crippen LogP contribution in [-0.2, 0) is 0 Å². The molecule has 0 saturated carbocycles. The second-order valence-electron chi connectivity index (χ2n) is 2.33. The van der Waals surface area contributed by atoms with Gasteiger partial charge in [-0.1, -0.05) is 11.6 Å². The van der Waals surface area contributed by atoms with Gasteiger partial charge in [-0.05, 0) is 12.1 Å². The highest BCUT2D eigenvalue weighted by Crippen LogP contribution is 2.23. The first-order valence-electron chi connectivity index (χ1n) is 3.15. The van der Waals surface area contributed by atoms with Crippen LogP contribution in [0.25, 0.3) is 10.9 Å². The molecule has 0 atom stereocenters. The van der Waals surface area contributed by atoms with Crippen LogP contribution in [-0.4, -0.2) is 10.2 Å². The third-order valence-corrected chi connectivity index (χ3v) is 1.88. The number of anilines is 1. The number of benzene rings is 1. The van der Waals surface area contributed by atoms with Crippen LogP contribution in [0.3, 0.4) is 0 Å². The number of nitrogens with zero attached hydrogens (tertiary/aromatic N) is 1. The molecule has 56 valence electrons. The van der Waals surface area contributed by atoms with Crippen LogP contribution in [0.1, 0.15) is 0 Å². The van der Waals surface area contributed by atoms with Crippen molar-refractivity contribution in [3.63, 3.8) is 0 Å². The molecule has 0 radical (unpaired) electrons. The minimum absolute atomic E-state index is 0.557. The number of aromatic nitrogens is 2. The minimum Gasteiger partial charge on any atom is -0.398 e. The van der Waals surface area contributed by atoms with Crippen molar-refractivity contribution in [2.75, 3.05) is 5.73 Å². The number of nitrogens with one attached hydrogen (secondary N) is 1. The van der Waals surface area contributed by atoms with Gasteiger partial charge >= 0.3 is 0 Å². The molecule has 0 unspecified atom stereocenters. The van der Waals surface area contributed by atoms with Crippen molar-refractivity contribution in [1.82, 2.24) is 10.2 Å². The van der Waals surface area contributed by atoms with Gasteiger partial charge in [-0.2, -0.15) is 5.10 Å². The first-order valence-corrected chi connectivity index (χ1v) is 3.53. The van der Waals surface area contributed by atoms with Gasteiger partial charge in [0.25, 0.3) is 0 Å². The van der Waals surface area contributed by atoms with Gasteiger partial charge in [-0.25, -0.2) is 0 Å². The van der Waals surface area contributed by atoms with E-state index in [9.17, 15) is 0 Å². The number of halogens is 1. The first-order chi connectivity index (χ1) is 5.27. The molecular weight excluding hydrogens is 162 g/mol. The fraction of sp³-hybridized carbons (Fsp3) is 0. The summed E-state index contributed by atoms with van der Waals surface area (Å²) in [5, 5.41) is 8.18. The maximum Gasteiger partial charge on any atom is 0.0666 e. The van der Waals surface area contributed by atoms with E-state index in [1.807, 2.05) is 0 Å². The van der Waals surface area contributed by atoms with Gasteiger partial charge in [0, 0.05) is 5.39 Å². The highest BCUT2D eigenvalue weighted by atomic mass is 35.5. The summed E-state index contributed by atoms with van der Waals surface area (Å²) in [6, 6.07) is 3.56. The molecule has 0 spiro atoms. The Bertz CT molecular complexity index is 357. The third-order valence-electron chi connectivity index (χ3n) is 1.56. The molecule has 0 saturated heterocycles. The van der Waals surface area contributed by atoms with Gasteiger partial charge in [-0.15, -0.1) is 0 Å². The van der Waals surface area contributed by atoms with Gasteiger partial charge in [0.05, 0.1) is 22.4 Å². The van der Waals surface area contributed by atoms with Gasteiger partial charge in [0.1, 0.15) is 0 Å². The van der Waals surface area contributed by atoms with Crippen LogP contribution < -0.4 is 5.73 Å². The summed E-state index contributed by atoms with van der Waals surface area (Å²) in [5.74, 6) is 0. The molecule has 0 aliphatic rings. The lowest BCUT2D eigenvalue weighted by atomic mass is 10.2. The number of rotatable bonds is 0. The number of H-pyrrole nitrogens is 1. The number of hydrogen-bond donors (Lipinski definition) is 2. The Morgan fingerprint density at radius 1 is 1.45 bits per heavy atom. The van der Waals surface area contributed by atoms with E-state index in [1.165, 1.54) is 0 Å². The zero-order chi connectivity index (χ0) is 7.84. The van der Waals surface area contributed by atoms with Crippen LogP contribution in [0, 0.1) is 0 Å². The summed E-state index contributed by atoms with van der Waals surface area (Å²) in [6.45, 7) is 0. The number of hydrogen-bond acceptors (Lipinski definition) is 2. The van der Waals surface area contributed by atoms with Gasteiger partial charge < -0.3 is 5.73 Å². The average molecular weight is 168 g/mol. The Hall–Kier alpha value is -1.22. The molecule has 1 aromatic carbocycles. The van der Waals surface area contributed by atoms with Crippen molar-refractivity contribution in [2.45, 2.75) is 0 Å². The Labute approximate surface area is 68.2 Å². The van der Waals surface area contributed by atoms with Crippen molar-refractivity contribution >= 4 is 28.2 Å². The van der Waals surface area contributed by atoms with Crippen LogP contribution in [0.2, 0.25) is 5.02 Å². The second kappa shape index (κ2) is 2.13. The van der Waals surface area contributed by atoms with E-state index in [4.69, 9.17) is 17.3 Å². The van der Waals surface area contributed by atoms with E-state index >= 15 is 0 Å². The van der Waals surface area contributed by atoms with E-state index in [0.717, 1.165) is 10.9 Å². The van der Waals surface area contributed by atoms with E-state index in [0.29, 0.717) is 10.7 Å². The van der Waals surface area contributed by atoms with Crippen LogP contribution in [0.15, 0.2) is 18.3 Å². The van der Waals surface area contributed by atoms with Crippen molar-refractivity contribution in [3.8, 4) is 0 Å². The van der Waals surface area contributed by atoms with Crippen LogP contribution in [0.4, 0.5) is 5.69 Å². The summed E-state index contributed by atoms with van der Waals surface area (Å²) in [6.07, 6.45) is 1.71. The monoisotopic (exact) mass is 167 g/mol. The van der Waals surface area contributed by atoms with Crippen molar-refractivity contribution in [3.05, 3.63) is 23.4 Å². The summed E-state index contributed by atoms with van der Waals surface area (Å²) < 4.78 is 0. The van der Waals surface area contributed by atoms with Crippen LogP contribution in [0.5, 0.6) is 0 Å². The molecule has 2 rings (SSSR count). The van der Waals surface area contributed by atoms with E-state index in [2.05, 4.69) is 10.2 Å². The van der Waals surface area contributed by atoms with Gasteiger partial charge in [0.15, 0.2) is 0 Å². The van der Waals surface area contributed by atoms with Crippen molar-refractivity contribution in [2.24, 2.45) is 0 Å². The molecule has 3 nitrogen and oxygen atoms in total. The predicted molar refractivity (Wildman–Crippen MR) is 45.5 cm³/mol. The molecule has 3 N–H and O–H groups in total. The number of nitrogens with two attached hydrogens (primary N) is 1. The molecule has 0 aliphatic heterocycles. The highest BCUT2D eigenvalue weighted by Gasteiger charge is 1.99. The topological polar surface area (TPSA) is 54.7 Å². The summed E-state index contributed by atoms with van der Waals surface area (Å²) >= 11 is 5.77. The lowest BCUT2D eigenvalue weighted by Gasteiger charge is -1.95. The highest BCUT2D eigenvalue weighted by molar-refractivity contribution is 6.33.